The Morgan fingerprint density at radius 3 is 3.40 bits per heavy atom. The van der Waals surface area contributed by atoms with E-state index in [2.05, 4.69) is 9.55 Å². The van der Waals surface area contributed by atoms with Crippen LogP contribution in [0.2, 0.25) is 0 Å². The summed E-state index contributed by atoms with van der Waals surface area (Å²) in [5, 5.41) is 0. The molecule has 0 N–H and O–H groups in total. The second-order valence-electron chi connectivity index (χ2n) is 2.55. The zero-order chi connectivity index (χ0) is 6.97. The summed E-state index contributed by atoms with van der Waals surface area (Å²) >= 11 is 5.67. The summed E-state index contributed by atoms with van der Waals surface area (Å²) in [7, 11) is 0. The molecule has 10 heavy (non-hydrogen) atoms. The Morgan fingerprint density at radius 2 is 2.60 bits per heavy atom. The lowest BCUT2D eigenvalue weighted by Gasteiger charge is -1.97. The van der Waals surface area contributed by atoms with Gasteiger partial charge in [0.15, 0.2) is 0 Å². The van der Waals surface area contributed by atoms with E-state index in [-0.39, 0.29) is 0 Å². The Balaban J connectivity index is 2.44. The number of fused-ring (bicyclic) bond motifs is 1. The van der Waals surface area contributed by atoms with Gasteiger partial charge in [-0.2, -0.15) is 0 Å². The zero-order valence-corrected chi connectivity index (χ0v) is 6.43. The van der Waals surface area contributed by atoms with Crippen molar-refractivity contribution in [1.29, 1.82) is 0 Å². The summed E-state index contributed by atoms with van der Waals surface area (Å²) in [6, 6.07) is 0. The minimum absolute atomic E-state index is 0.542. The number of alkyl halides is 1. The molecule has 1 aromatic heterocycles. The van der Waals surface area contributed by atoms with Gasteiger partial charge in [0.05, 0.1) is 5.88 Å². The van der Waals surface area contributed by atoms with Gasteiger partial charge in [-0.1, -0.05) is 0 Å². The SMILES string of the molecule is ClCc1ncc2n1CCC2. The molecule has 0 aromatic carbocycles. The van der Waals surface area contributed by atoms with E-state index in [9.17, 15) is 0 Å². The number of hydrogen-bond donors (Lipinski definition) is 0. The number of rotatable bonds is 1. The molecule has 54 valence electrons. The maximum atomic E-state index is 5.67. The van der Waals surface area contributed by atoms with Crippen LogP contribution in [-0.4, -0.2) is 9.55 Å². The summed E-state index contributed by atoms with van der Waals surface area (Å²) in [5.74, 6) is 1.56. The average molecular weight is 157 g/mol. The molecule has 0 aliphatic carbocycles. The zero-order valence-electron chi connectivity index (χ0n) is 5.68. The number of aromatic nitrogens is 2. The van der Waals surface area contributed by atoms with E-state index in [0.717, 1.165) is 12.4 Å². The van der Waals surface area contributed by atoms with Crippen LogP contribution in [0.15, 0.2) is 6.20 Å². The second kappa shape index (κ2) is 2.27. The van der Waals surface area contributed by atoms with Crippen molar-refractivity contribution in [2.75, 3.05) is 0 Å². The molecular weight excluding hydrogens is 148 g/mol. The third-order valence-electron chi connectivity index (χ3n) is 1.96. The van der Waals surface area contributed by atoms with E-state index >= 15 is 0 Å². The fourth-order valence-electron chi connectivity index (χ4n) is 1.45. The molecule has 1 aliphatic rings. The third-order valence-corrected chi connectivity index (χ3v) is 2.19. The van der Waals surface area contributed by atoms with E-state index in [4.69, 9.17) is 11.6 Å². The molecule has 3 heteroatoms. The Kier molecular flexibility index (Phi) is 1.42. The molecular formula is C7H9ClN2. The highest BCUT2D eigenvalue weighted by Crippen LogP contribution is 2.17. The van der Waals surface area contributed by atoms with E-state index in [1.54, 1.807) is 0 Å². The van der Waals surface area contributed by atoms with Crippen LogP contribution >= 0.6 is 11.6 Å². The van der Waals surface area contributed by atoms with Crippen LogP contribution in [0.25, 0.3) is 0 Å². The van der Waals surface area contributed by atoms with Crippen molar-refractivity contribution in [3.05, 3.63) is 17.7 Å². The highest BCUT2D eigenvalue weighted by Gasteiger charge is 2.13. The van der Waals surface area contributed by atoms with Gasteiger partial charge >= 0.3 is 0 Å². The maximum absolute atomic E-state index is 5.67. The number of aryl methyl sites for hydroxylation is 1. The van der Waals surface area contributed by atoms with Gasteiger partial charge < -0.3 is 4.57 Å². The predicted molar refractivity (Wildman–Crippen MR) is 40.1 cm³/mol. The standard InChI is InChI=1S/C7H9ClN2/c8-4-7-9-5-6-2-1-3-10(6)7/h5H,1-4H2. The molecule has 0 radical (unpaired) electrons. The van der Waals surface area contributed by atoms with Crippen LogP contribution in [-0.2, 0) is 18.8 Å². The summed E-state index contributed by atoms with van der Waals surface area (Å²) in [5.41, 5.74) is 1.34. The van der Waals surface area contributed by atoms with Gasteiger partial charge in [-0.3, -0.25) is 0 Å². The predicted octanol–water partition coefficient (Wildman–Crippen LogP) is 1.57. The van der Waals surface area contributed by atoms with Gasteiger partial charge in [-0.25, -0.2) is 4.98 Å². The summed E-state index contributed by atoms with van der Waals surface area (Å²) < 4.78 is 2.22. The monoisotopic (exact) mass is 156 g/mol. The Labute approximate surface area is 64.8 Å². The Morgan fingerprint density at radius 1 is 1.70 bits per heavy atom. The van der Waals surface area contributed by atoms with Crippen molar-refractivity contribution in [2.24, 2.45) is 0 Å². The lowest BCUT2D eigenvalue weighted by atomic mass is 10.3. The highest BCUT2D eigenvalue weighted by molar-refractivity contribution is 6.16. The average Bonchev–Trinajstić information content (AvgIpc) is 2.44. The van der Waals surface area contributed by atoms with Gasteiger partial charge in [0, 0.05) is 18.4 Å². The van der Waals surface area contributed by atoms with Gasteiger partial charge in [-0.15, -0.1) is 11.6 Å². The summed E-state index contributed by atoms with van der Waals surface area (Å²) in [6.45, 7) is 1.11. The van der Waals surface area contributed by atoms with Crippen LogP contribution in [0.5, 0.6) is 0 Å². The second-order valence-corrected chi connectivity index (χ2v) is 2.82. The molecule has 0 saturated heterocycles. The quantitative estimate of drug-likeness (QED) is 0.565. The molecule has 2 rings (SSSR count). The number of imidazole rings is 1. The number of hydrogen-bond acceptors (Lipinski definition) is 1. The van der Waals surface area contributed by atoms with Crippen LogP contribution in [0, 0.1) is 0 Å². The van der Waals surface area contributed by atoms with E-state index in [0.29, 0.717) is 5.88 Å². The maximum Gasteiger partial charge on any atom is 0.123 e. The van der Waals surface area contributed by atoms with E-state index in [1.165, 1.54) is 18.5 Å². The molecule has 0 bridgehead atoms. The molecule has 1 aromatic rings. The third kappa shape index (κ3) is 0.754. The first-order valence-corrected chi connectivity index (χ1v) is 4.04. The van der Waals surface area contributed by atoms with Crippen LogP contribution in [0.4, 0.5) is 0 Å². The number of halogens is 1. The van der Waals surface area contributed by atoms with Crippen LogP contribution < -0.4 is 0 Å². The van der Waals surface area contributed by atoms with Crippen molar-refractivity contribution in [3.8, 4) is 0 Å². The van der Waals surface area contributed by atoms with Gasteiger partial charge in [0.2, 0.25) is 0 Å². The van der Waals surface area contributed by atoms with Crippen LogP contribution in [0.1, 0.15) is 17.9 Å². The smallest absolute Gasteiger partial charge is 0.123 e. The van der Waals surface area contributed by atoms with Crippen molar-refractivity contribution in [3.63, 3.8) is 0 Å². The van der Waals surface area contributed by atoms with Crippen LogP contribution in [0.3, 0.4) is 0 Å². The first-order chi connectivity index (χ1) is 4.92. The van der Waals surface area contributed by atoms with Crippen molar-refractivity contribution < 1.29 is 0 Å². The summed E-state index contributed by atoms with van der Waals surface area (Å²) in [4.78, 5) is 4.19. The molecule has 0 fully saturated rings. The fraction of sp³-hybridized carbons (Fsp3) is 0.571. The van der Waals surface area contributed by atoms with E-state index < -0.39 is 0 Å². The first-order valence-electron chi connectivity index (χ1n) is 3.51. The van der Waals surface area contributed by atoms with Crippen molar-refractivity contribution in [1.82, 2.24) is 9.55 Å². The molecule has 0 atom stereocenters. The van der Waals surface area contributed by atoms with Crippen molar-refractivity contribution >= 4 is 11.6 Å². The lowest BCUT2D eigenvalue weighted by Crippen LogP contribution is -1.97. The molecule has 0 unspecified atom stereocenters. The minimum atomic E-state index is 0.542. The minimum Gasteiger partial charge on any atom is -0.331 e. The van der Waals surface area contributed by atoms with Gasteiger partial charge in [0.1, 0.15) is 5.82 Å². The van der Waals surface area contributed by atoms with Gasteiger partial charge in [0.25, 0.3) is 0 Å². The summed E-state index contributed by atoms with van der Waals surface area (Å²) in [6.07, 6.45) is 4.36. The molecule has 2 heterocycles. The van der Waals surface area contributed by atoms with Crippen molar-refractivity contribution in [2.45, 2.75) is 25.3 Å². The normalized spacial score (nSPS) is 15.7. The molecule has 2 nitrogen and oxygen atoms in total. The molecule has 0 spiro atoms. The fourth-order valence-corrected chi connectivity index (χ4v) is 1.66. The van der Waals surface area contributed by atoms with E-state index in [1.807, 2.05) is 6.20 Å². The molecule has 0 saturated carbocycles. The Bertz CT molecular complexity index is 242. The topological polar surface area (TPSA) is 17.8 Å². The first kappa shape index (κ1) is 6.23. The molecule has 0 amide bonds. The number of nitrogens with zero attached hydrogens (tertiary/aromatic N) is 2. The highest BCUT2D eigenvalue weighted by atomic mass is 35.5. The molecule has 1 aliphatic heterocycles. The lowest BCUT2D eigenvalue weighted by molar-refractivity contribution is 0.711. The largest absolute Gasteiger partial charge is 0.331 e. The Hall–Kier alpha value is -0.500. The van der Waals surface area contributed by atoms with Gasteiger partial charge in [-0.05, 0) is 12.8 Å².